The lowest BCUT2D eigenvalue weighted by Gasteiger charge is -2.21. The van der Waals surface area contributed by atoms with Crippen molar-refractivity contribution in [3.05, 3.63) is 113 Å². The zero-order chi connectivity index (χ0) is 24.0. The van der Waals surface area contributed by atoms with Gasteiger partial charge in [0.05, 0.1) is 0 Å². The Kier molecular flexibility index (Phi) is 7.81. The predicted molar refractivity (Wildman–Crippen MR) is 118 cm³/mol. The Hall–Kier alpha value is -3.26. The van der Waals surface area contributed by atoms with Crippen molar-refractivity contribution in [1.29, 1.82) is 0 Å². The topological polar surface area (TPSA) is 104 Å². The van der Waals surface area contributed by atoms with Crippen molar-refractivity contribution in [2.24, 2.45) is 0 Å². The molecule has 0 bridgehead atoms. The van der Waals surface area contributed by atoms with Crippen molar-refractivity contribution in [2.45, 2.75) is 6.92 Å². The maximum absolute atomic E-state index is 8.49. The number of ether oxygens (including phenoxy) is 1. The number of fused-ring (bicyclic) bond motifs is 1. The van der Waals surface area contributed by atoms with Crippen molar-refractivity contribution in [3.63, 3.8) is 0 Å². The molecule has 2 aromatic carbocycles. The quantitative estimate of drug-likeness (QED) is 0.613. The Balaban J connectivity index is 0.000000555. The summed E-state index contributed by atoms with van der Waals surface area (Å²) in [6.07, 6.45) is 13.0. The van der Waals surface area contributed by atoms with E-state index < -0.39 is 10.2 Å². The highest BCUT2D eigenvalue weighted by molar-refractivity contribution is 6.02. The fourth-order valence-electron chi connectivity index (χ4n) is 3.40. The molecule has 0 unspecified atom stereocenters. The van der Waals surface area contributed by atoms with E-state index in [1.54, 1.807) is 0 Å². The summed E-state index contributed by atoms with van der Waals surface area (Å²) in [5.41, 5.74) is 7.00. The standard InChI is InChI=1S/C26H24NO.ClHO4/c1-19(17-20-13-15-22(16-14-20)27(2)3)24-18-26(21-9-5-4-6-10-21)28-25-12-8-7-11-23(24)25;2-1(3,4)5/h4-18H,1-3H3;(H,2,3,4,5)/q+1;/p-1/b24-19-;. The molecular weight excluding hydrogens is 442 g/mol. The maximum atomic E-state index is 8.49. The lowest BCUT2D eigenvalue weighted by atomic mass is 9.94. The third kappa shape index (κ3) is 7.12. The first-order chi connectivity index (χ1) is 15.6. The van der Waals surface area contributed by atoms with E-state index in [0.717, 1.165) is 22.6 Å². The largest absolute Gasteiger partial charge is 0.456 e. The van der Waals surface area contributed by atoms with Gasteiger partial charge in [-0.25, -0.2) is 23.2 Å². The van der Waals surface area contributed by atoms with Gasteiger partial charge in [-0.3, -0.25) is 0 Å². The van der Waals surface area contributed by atoms with E-state index in [1.165, 1.54) is 22.4 Å². The summed E-state index contributed by atoms with van der Waals surface area (Å²) < 4.78 is 42.3. The Bertz CT molecular complexity index is 1170. The molecule has 170 valence electrons. The average Bonchev–Trinajstić information content (AvgIpc) is 2.78. The Labute approximate surface area is 195 Å². The van der Waals surface area contributed by atoms with Gasteiger partial charge in [0, 0.05) is 23.3 Å². The zero-order valence-electron chi connectivity index (χ0n) is 18.5. The Morgan fingerprint density at radius 2 is 1.42 bits per heavy atom. The molecule has 0 amide bonds. The highest BCUT2D eigenvalue weighted by Gasteiger charge is 2.18. The van der Waals surface area contributed by atoms with Crippen LogP contribution in [-0.4, -0.2) is 24.4 Å². The summed E-state index contributed by atoms with van der Waals surface area (Å²) in [6.45, 7) is 2.16. The molecule has 0 spiro atoms. The molecule has 7 heteroatoms. The lowest BCUT2D eigenvalue weighted by molar-refractivity contribution is -2.00. The van der Waals surface area contributed by atoms with Gasteiger partial charge in [0.2, 0.25) is 0 Å². The molecule has 0 N–H and O–H groups in total. The second kappa shape index (κ2) is 10.6. The van der Waals surface area contributed by atoms with Crippen LogP contribution in [0, 0.1) is 10.2 Å². The van der Waals surface area contributed by atoms with Crippen LogP contribution < -0.4 is 23.4 Å². The van der Waals surface area contributed by atoms with Gasteiger partial charge in [-0.1, -0.05) is 54.6 Å². The maximum Gasteiger partial charge on any atom is 0.199 e. The molecule has 0 atom stereocenters. The molecule has 0 radical (unpaired) electrons. The van der Waals surface area contributed by atoms with E-state index in [9.17, 15) is 0 Å². The second-order valence-electron chi connectivity index (χ2n) is 7.58. The first kappa shape index (κ1) is 24.4. The van der Waals surface area contributed by atoms with Crippen molar-refractivity contribution in [1.82, 2.24) is 0 Å². The van der Waals surface area contributed by atoms with Crippen LogP contribution >= 0.6 is 0 Å². The van der Waals surface area contributed by atoms with E-state index in [4.69, 9.17) is 23.4 Å². The van der Waals surface area contributed by atoms with Crippen LogP contribution in [0.1, 0.15) is 18.1 Å². The van der Waals surface area contributed by atoms with Gasteiger partial charge < -0.3 is 4.74 Å². The lowest BCUT2D eigenvalue weighted by Crippen LogP contribution is -2.68. The summed E-state index contributed by atoms with van der Waals surface area (Å²) in [5, 5.41) is 0. The van der Waals surface area contributed by atoms with Crippen LogP contribution in [0.2, 0.25) is 0 Å². The van der Waals surface area contributed by atoms with E-state index in [-0.39, 0.29) is 0 Å². The van der Waals surface area contributed by atoms with Gasteiger partial charge in [0.1, 0.15) is 25.6 Å². The highest BCUT2D eigenvalue weighted by Crippen LogP contribution is 2.38. The Morgan fingerprint density at radius 1 is 0.848 bits per heavy atom. The number of para-hydroxylation sites is 1. The molecular formula is C26H24ClNO5. The molecule has 2 aromatic rings. The fourth-order valence-corrected chi connectivity index (χ4v) is 3.40. The molecule has 0 aromatic heterocycles. The minimum absolute atomic E-state index is 0.880. The molecule has 1 aliphatic heterocycles. The van der Waals surface area contributed by atoms with Gasteiger partial charge in [-0.05, 0) is 47.9 Å². The van der Waals surface area contributed by atoms with Crippen LogP contribution in [0.15, 0.2) is 102 Å². The molecule has 1 aliphatic carbocycles. The van der Waals surface area contributed by atoms with Gasteiger partial charge in [-0.15, -0.1) is 10.2 Å². The molecule has 33 heavy (non-hydrogen) atoms. The molecule has 4 rings (SSSR count). The predicted octanol–water partition coefficient (Wildman–Crippen LogP) is 0.903. The summed E-state index contributed by atoms with van der Waals surface area (Å²) in [7, 11) is -0.832. The van der Waals surface area contributed by atoms with Gasteiger partial charge in [0.15, 0.2) is 5.71 Å². The number of rotatable bonds is 2. The number of benzene rings is 2. The average molecular weight is 466 g/mol. The van der Waals surface area contributed by atoms with E-state index in [2.05, 4.69) is 86.3 Å². The van der Waals surface area contributed by atoms with Gasteiger partial charge in [-0.2, -0.15) is 0 Å². The number of hydrogen-bond donors (Lipinski definition) is 0. The third-order valence-corrected chi connectivity index (χ3v) is 4.95. The number of allylic oxidation sites excluding steroid dienone is 9. The van der Waals surface area contributed by atoms with Crippen molar-refractivity contribution in [3.8, 4) is 5.75 Å². The van der Waals surface area contributed by atoms with Gasteiger partial charge >= 0.3 is 0 Å². The minimum Gasteiger partial charge on any atom is -0.456 e. The third-order valence-electron chi connectivity index (χ3n) is 4.95. The first-order valence-corrected chi connectivity index (χ1v) is 11.3. The van der Waals surface area contributed by atoms with E-state index in [0.29, 0.717) is 0 Å². The Morgan fingerprint density at radius 3 is 2.03 bits per heavy atom. The fraction of sp³-hybridized carbons (Fsp3) is 0.115. The van der Waals surface area contributed by atoms with Crippen LogP contribution in [0.5, 0.6) is 5.75 Å². The highest BCUT2D eigenvalue weighted by atomic mass is 35.7. The van der Waals surface area contributed by atoms with Crippen molar-refractivity contribution in [2.75, 3.05) is 14.1 Å². The summed E-state index contributed by atoms with van der Waals surface area (Å²) in [4.78, 5) is 0. The molecule has 2 aliphatic rings. The van der Waals surface area contributed by atoms with Crippen molar-refractivity contribution >= 4 is 17.0 Å². The molecule has 0 saturated heterocycles. The zero-order valence-corrected chi connectivity index (χ0v) is 19.3. The monoisotopic (exact) mass is 465 g/mol. The number of hydrogen-bond acceptors (Lipinski definition) is 5. The minimum atomic E-state index is -4.94. The van der Waals surface area contributed by atoms with Crippen LogP contribution in [0.25, 0.3) is 11.3 Å². The van der Waals surface area contributed by atoms with Crippen LogP contribution in [-0.2, 0) is 0 Å². The molecule has 1 heterocycles. The van der Waals surface area contributed by atoms with E-state index in [1.807, 2.05) is 30.3 Å². The van der Waals surface area contributed by atoms with Crippen LogP contribution in [0.4, 0.5) is 0 Å². The smallest absolute Gasteiger partial charge is 0.199 e. The molecule has 0 saturated carbocycles. The normalized spacial score (nSPS) is 16.2. The number of nitrogens with zero attached hydrogens (tertiary/aromatic N) is 1. The number of halogens is 1. The summed E-state index contributed by atoms with van der Waals surface area (Å²) in [6, 6.07) is 18.5. The van der Waals surface area contributed by atoms with Crippen molar-refractivity contribution < 1.29 is 38.2 Å². The summed E-state index contributed by atoms with van der Waals surface area (Å²) >= 11 is 0. The summed E-state index contributed by atoms with van der Waals surface area (Å²) in [5.74, 6) is 1.78. The molecule has 0 fully saturated rings. The van der Waals surface area contributed by atoms with Gasteiger partial charge in [0.25, 0.3) is 0 Å². The SMILES string of the molecule is C/C(C=C1C=CC(=[N+](C)C)C=C1)=C1\C=C(c2ccccc2)Oc2ccccc21.[O-][Cl+3]([O-])([O-])[O-]. The molecule has 6 nitrogen and oxygen atoms in total. The second-order valence-corrected chi connectivity index (χ2v) is 8.33. The van der Waals surface area contributed by atoms with E-state index >= 15 is 0 Å². The first-order valence-electron chi connectivity index (χ1n) is 10.1. The van der Waals surface area contributed by atoms with Crippen LogP contribution in [0.3, 0.4) is 0 Å².